The Balaban J connectivity index is 2.55. The Morgan fingerprint density at radius 1 is 1.53 bits per heavy atom. The molecule has 1 aromatic heterocycles. The van der Waals surface area contributed by atoms with Crippen molar-refractivity contribution in [1.82, 2.24) is 9.55 Å². The van der Waals surface area contributed by atoms with E-state index >= 15 is 0 Å². The van der Waals surface area contributed by atoms with E-state index in [0.29, 0.717) is 6.42 Å². The maximum atomic E-state index is 8.68. The molecule has 2 rings (SSSR count). The third-order valence-corrected chi connectivity index (χ3v) is 2.67. The van der Waals surface area contributed by atoms with Crippen LogP contribution in [0.3, 0.4) is 0 Å². The highest BCUT2D eigenvalue weighted by atomic mass is 15.1. The summed E-state index contributed by atoms with van der Waals surface area (Å²) in [6.07, 6.45) is 2.33. The van der Waals surface area contributed by atoms with E-state index in [9.17, 15) is 0 Å². The van der Waals surface area contributed by atoms with Crippen molar-refractivity contribution in [2.24, 2.45) is 0 Å². The molecule has 0 radical (unpaired) electrons. The fourth-order valence-corrected chi connectivity index (χ4v) is 1.78. The van der Waals surface area contributed by atoms with E-state index in [1.54, 1.807) is 0 Å². The van der Waals surface area contributed by atoms with E-state index < -0.39 is 0 Å². The molecule has 0 saturated carbocycles. The average Bonchev–Trinajstić information content (AvgIpc) is 2.63. The maximum Gasteiger partial charge on any atom is 0.0961 e. The lowest BCUT2D eigenvalue weighted by molar-refractivity contribution is 0.575. The number of nitrogens with zero attached hydrogens (tertiary/aromatic N) is 3. The number of benzene rings is 1. The summed E-state index contributed by atoms with van der Waals surface area (Å²) in [4.78, 5) is 4.38. The molecule has 76 valence electrons. The highest BCUT2D eigenvalue weighted by Gasteiger charge is 2.09. The maximum absolute atomic E-state index is 8.68. The van der Waals surface area contributed by atoms with Gasteiger partial charge in [0.15, 0.2) is 0 Å². The number of hydrogen-bond donors (Lipinski definition) is 0. The summed E-state index contributed by atoms with van der Waals surface area (Å²) < 4.78 is 2.06. The van der Waals surface area contributed by atoms with Gasteiger partial charge in [-0.1, -0.05) is 12.1 Å². The van der Waals surface area contributed by atoms with Crippen LogP contribution in [0.4, 0.5) is 0 Å². The molecule has 0 aliphatic carbocycles. The Morgan fingerprint density at radius 2 is 2.33 bits per heavy atom. The Morgan fingerprint density at radius 3 is 3.07 bits per heavy atom. The molecule has 0 fully saturated rings. The smallest absolute Gasteiger partial charge is 0.0961 e. The summed E-state index contributed by atoms with van der Waals surface area (Å²) in [5.74, 6) is 0. The zero-order chi connectivity index (χ0) is 10.8. The van der Waals surface area contributed by atoms with Gasteiger partial charge >= 0.3 is 0 Å². The highest BCUT2D eigenvalue weighted by Crippen LogP contribution is 2.21. The van der Waals surface area contributed by atoms with Crippen LogP contribution in [0, 0.1) is 18.3 Å². The third-order valence-electron chi connectivity index (χ3n) is 2.67. The predicted molar refractivity (Wildman–Crippen MR) is 59.4 cm³/mol. The zero-order valence-corrected chi connectivity index (χ0v) is 8.94. The minimum absolute atomic E-state index is 0.182. The Hall–Kier alpha value is -1.82. The minimum atomic E-state index is 0.182. The standard InChI is InChI=1S/C12H13N3/c1-9-4-3-5-11-12(9)14-8-15(11)10(2)6-7-13/h3-5,8,10H,6H2,1-2H3. The van der Waals surface area contributed by atoms with Gasteiger partial charge in [0, 0.05) is 6.04 Å². The molecule has 2 aromatic rings. The lowest BCUT2D eigenvalue weighted by Gasteiger charge is -2.10. The van der Waals surface area contributed by atoms with Crippen LogP contribution in [-0.2, 0) is 0 Å². The number of imidazole rings is 1. The monoisotopic (exact) mass is 199 g/mol. The fourth-order valence-electron chi connectivity index (χ4n) is 1.78. The predicted octanol–water partition coefficient (Wildman–Crippen LogP) is 2.82. The van der Waals surface area contributed by atoms with Crippen molar-refractivity contribution in [2.45, 2.75) is 26.3 Å². The molecule has 15 heavy (non-hydrogen) atoms. The quantitative estimate of drug-likeness (QED) is 0.746. The van der Waals surface area contributed by atoms with Gasteiger partial charge in [-0.25, -0.2) is 4.98 Å². The number of aromatic nitrogens is 2. The Labute approximate surface area is 89.0 Å². The summed E-state index contributed by atoms with van der Waals surface area (Å²) >= 11 is 0. The molecule has 1 heterocycles. The third kappa shape index (κ3) is 1.59. The van der Waals surface area contributed by atoms with E-state index in [-0.39, 0.29) is 6.04 Å². The molecule has 1 aromatic carbocycles. The molecular weight excluding hydrogens is 186 g/mol. The molecule has 0 N–H and O–H groups in total. The van der Waals surface area contributed by atoms with E-state index in [1.165, 1.54) is 5.56 Å². The number of nitriles is 1. The molecule has 0 aliphatic rings. The first-order valence-electron chi connectivity index (χ1n) is 5.03. The number of fused-ring (bicyclic) bond motifs is 1. The van der Waals surface area contributed by atoms with Gasteiger partial charge in [0.05, 0.1) is 29.9 Å². The van der Waals surface area contributed by atoms with E-state index in [2.05, 4.69) is 28.6 Å². The SMILES string of the molecule is Cc1cccc2c1ncn2C(C)CC#N. The lowest BCUT2D eigenvalue weighted by atomic mass is 10.2. The molecule has 0 aliphatic heterocycles. The van der Waals surface area contributed by atoms with Gasteiger partial charge in [0.1, 0.15) is 0 Å². The molecule has 0 amide bonds. The van der Waals surface area contributed by atoms with Gasteiger partial charge in [-0.05, 0) is 25.5 Å². The van der Waals surface area contributed by atoms with Gasteiger partial charge in [0.2, 0.25) is 0 Å². The second-order valence-corrected chi connectivity index (χ2v) is 3.81. The van der Waals surface area contributed by atoms with Crippen LogP contribution < -0.4 is 0 Å². The summed E-state index contributed by atoms with van der Waals surface area (Å²) in [7, 11) is 0. The van der Waals surface area contributed by atoms with Gasteiger partial charge in [-0.3, -0.25) is 0 Å². The Kier molecular flexibility index (Phi) is 2.42. The number of aryl methyl sites for hydroxylation is 1. The second kappa shape index (κ2) is 3.74. The lowest BCUT2D eigenvalue weighted by Crippen LogP contribution is -2.02. The van der Waals surface area contributed by atoms with E-state index in [4.69, 9.17) is 5.26 Å². The summed E-state index contributed by atoms with van der Waals surface area (Å²) in [6, 6.07) is 8.49. The van der Waals surface area contributed by atoms with Crippen molar-refractivity contribution >= 4 is 11.0 Å². The summed E-state index contributed by atoms with van der Waals surface area (Å²) in [5, 5.41) is 8.68. The van der Waals surface area contributed by atoms with E-state index in [1.807, 2.05) is 25.4 Å². The van der Waals surface area contributed by atoms with Gasteiger partial charge < -0.3 is 4.57 Å². The van der Waals surface area contributed by atoms with E-state index in [0.717, 1.165) is 11.0 Å². The van der Waals surface area contributed by atoms with Crippen LogP contribution in [0.2, 0.25) is 0 Å². The number of rotatable bonds is 2. The topological polar surface area (TPSA) is 41.6 Å². The number of hydrogen-bond acceptors (Lipinski definition) is 2. The fraction of sp³-hybridized carbons (Fsp3) is 0.333. The first-order valence-corrected chi connectivity index (χ1v) is 5.03. The van der Waals surface area contributed by atoms with Crippen LogP contribution >= 0.6 is 0 Å². The van der Waals surface area contributed by atoms with Crippen molar-refractivity contribution in [1.29, 1.82) is 5.26 Å². The van der Waals surface area contributed by atoms with Gasteiger partial charge in [-0.15, -0.1) is 0 Å². The van der Waals surface area contributed by atoms with Crippen LogP contribution in [0.15, 0.2) is 24.5 Å². The average molecular weight is 199 g/mol. The Bertz CT molecular complexity index is 519. The van der Waals surface area contributed by atoms with Crippen LogP contribution in [0.5, 0.6) is 0 Å². The zero-order valence-electron chi connectivity index (χ0n) is 8.94. The summed E-state index contributed by atoms with van der Waals surface area (Å²) in [6.45, 7) is 4.08. The first-order chi connectivity index (χ1) is 7.24. The van der Waals surface area contributed by atoms with Gasteiger partial charge in [-0.2, -0.15) is 5.26 Å². The van der Waals surface area contributed by atoms with Gasteiger partial charge in [0.25, 0.3) is 0 Å². The molecule has 1 atom stereocenters. The van der Waals surface area contributed by atoms with Crippen LogP contribution in [0.25, 0.3) is 11.0 Å². The molecule has 0 spiro atoms. The van der Waals surface area contributed by atoms with Crippen molar-refractivity contribution in [3.8, 4) is 6.07 Å². The van der Waals surface area contributed by atoms with Crippen molar-refractivity contribution in [3.05, 3.63) is 30.1 Å². The molecule has 1 unspecified atom stereocenters. The van der Waals surface area contributed by atoms with Crippen LogP contribution in [-0.4, -0.2) is 9.55 Å². The minimum Gasteiger partial charge on any atom is -0.327 e. The van der Waals surface area contributed by atoms with Crippen molar-refractivity contribution < 1.29 is 0 Å². The number of para-hydroxylation sites is 1. The molecular formula is C12H13N3. The van der Waals surface area contributed by atoms with Crippen molar-refractivity contribution in [3.63, 3.8) is 0 Å². The highest BCUT2D eigenvalue weighted by molar-refractivity contribution is 5.78. The molecule has 0 bridgehead atoms. The van der Waals surface area contributed by atoms with Crippen LogP contribution in [0.1, 0.15) is 24.9 Å². The molecule has 3 heteroatoms. The second-order valence-electron chi connectivity index (χ2n) is 3.81. The molecule has 3 nitrogen and oxygen atoms in total. The largest absolute Gasteiger partial charge is 0.327 e. The summed E-state index contributed by atoms with van der Waals surface area (Å²) in [5.41, 5.74) is 3.32. The normalized spacial score (nSPS) is 12.6. The first kappa shape index (κ1) is 9.72. The molecule has 0 saturated heterocycles. The van der Waals surface area contributed by atoms with Crippen molar-refractivity contribution in [2.75, 3.05) is 0 Å².